The van der Waals surface area contributed by atoms with E-state index in [-0.39, 0.29) is 12.1 Å². The highest BCUT2D eigenvalue weighted by molar-refractivity contribution is 5.75. The molecule has 2 saturated heterocycles. The number of rotatable bonds is 4. The number of carbonyl (C=O) groups excluding carboxylic acids is 1. The van der Waals surface area contributed by atoms with Crippen molar-refractivity contribution in [2.45, 2.75) is 57.3 Å². The van der Waals surface area contributed by atoms with Gasteiger partial charge in [0.05, 0.1) is 6.10 Å². The van der Waals surface area contributed by atoms with Gasteiger partial charge in [0.25, 0.3) is 0 Å². The molecule has 4 rings (SSSR count). The predicted molar refractivity (Wildman–Crippen MR) is 97.0 cm³/mol. The van der Waals surface area contributed by atoms with Gasteiger partial charge in [0, 0.05) is 38.8 Å². The lowest BCUT2D eigenvalue weighted by Crippen LogP contribution is -2.44. The molecule has 2 N–H and O–H groups in total. The molecule has 2 unspecified atom stereocenters. The number of nitrogens with zero attached hydrogens (tertiary/aromatic N) is 2. The maximum atomic E-state index is 12.5. The Morgan fingerprint density at radius 1 is 1.12 bits per heavy atom. The van der Waals surface area contributed by atoms with Gasteiger partial charge in [-0.1, -0.05) is 24.3 Å². The molecule has 3 aliphatic rings. The van der Waals surface area contributed by atoms with E-state index < -0.39 is 0 Å². The molecule has 5 heteroatoms. The predicted octanol–water partition coefficient (Wildman–Crippen LogP) is 2.34. The van der Waals surface area contributed by atoms with E-state index in [9.17, 15) is 9.90 Å². The molecule has 2 amide bonds. The zero-order chi connectivity index (χ0) is 17.2. The molecule has 25 heavy (non-hydrogen) atoms. The highest BCUT2D eigenvalue weighted by Gasteiger charge is 2.40. The van der Waals surface area contributed by atoms with Crippen molar-refractivity contribution in [2.24, 2.45) is 5.92 Å². The number of likely N-dealkylation sites (tertiary alicyclic amines) is 2. The molecule has 1 aliphatic carbocycles. The Balaban J connectivity index is 1.33. The number of carbonyl (C=O) groups is 1. The zero-order valence-electron chi connectivity index (χ0n) is 14.9. The third-order valence-corrected chi connectivity index (χ3v) is 6.17. The maximum Gasteiger partial charge on any atom is 0.317 e. The zero-order valence-corrected chi connectivity index (χ0v) is 14.9. The first-order valence-corrected chi connectivity index (χ1v) is 9.70. The number of nitrogens with one attached hydrogen (secondary N) is 1. The number of piperidine rings is 2. The number of fused-ring (bicyclic) bond motifs is 2. The number of benzene rings is 1. The van der Waals surface area contributed by atoms with Crippen LogP contribution in [0.25, 0.3) is 0 Å². The van der Waals surface area contributed by atoms with Crippen molar-refractivity contribution in [3.8, 4) is 0 Å². The van der Waals surface area contributed by atoms with E-state index in [4.69, 9.17) is 0 Å². The van der Waals surface area contributed by atoms with Crippen LogP contribution in [0.3, 0.4) is 0 Å². The van der Waals surface area contributed by atoms with E-state index in [0.717, 1.165) is 44.9 Å². The van der Waals surface area contributed by atoms with Gasteiger partial charge in [0.1, 0.15) is 0 Å². The van der Waals surface area contributed by atoms with Crippen LogP contribution in [0.15, 0.2) is 24.3 Å². The molecule has 1 aromatic rings. The smallest absolute Gasteiger partial charge is 0.317 e. The lowest BCUT2D eigenvalue weighted by molar-refractivity contribution is 0.0791. The summed E-state index contributed by atoms with van der Waals surface area (Å²) in [6.45, 7) is 4.32. The maximum absolute atomic E-state index is 12.5. The van der Waals surface area contributed by atoms with Gasteiger partial charge in [-0.25, -0.2) is 4.79 Å². The fraction of sp³-hybridized carbons (Fsp3) is 0.650. The Labute approximate surface area is 150 Å². The van der Waals surface area contributed by atoms with Crippen LogP contribution in [0.2, 0.25) is 0 Å². The lowest BCUT2D eigenvalue weighted by Gasteiger charge is -2.30. The fourth-order valence-electron chi connectivity index (χ4n) is 4.65. The molecule has 3 fully saturated rings. The van der Waals surface area contributed by atoms with Crippen LogP contribution in [0.1, 0.15) is 43.2 Å². The summed E-state index contributed by atoms with van der Waals surface area (Å²) in [7, 11) is 0. The highest BCUT2D eigenvalue weighted by Crippen LogP contribution is 2.37. The van der Waals surface area contributed by atoms with Crippen molar-refractivity contribution in [3.63, 3.8) is 0 Å². The lowest BCUT2D eigenvalue weighted by atomic mass is 10.0. The van der Waals surface area contributed by atoms with Crippen LogP contribution in [0.4, 0.5) is 4.79 Å². The minimum Gasteiger partial charge on any atom is -0.393 e. The van der Waals surface area contributed by atoms with Crippen LogP contribution < -0.4 is 5.32 Å². The Hall–Kier alpha value is -1.59. The van der Waals surface area contributed by atoms with Crippen molar-refractivity contribution >= 4 is 6.03 Å². The Morgan fingerprint density at radius 3 is 2.56 bits per heavy atom. The fourth-order valence-corrected chi connectivity index (χ4v) is 4.65. The molecule has 5 nitrogen and oxygen atoms in total. The number of hydrogen-bond donors (Lipinski definition) is 2. The van der Waals surface area contributed by atoms with E-state index in [1.54, 1.807) is 0 Å². The van der Waals surface area contributed by atoms with Crippen LogP contribution in [0.5, 0.6) is 0 Å². The van der Waals surface area contributed by atoms with Crippen LogP contribution in [-0.2, 0) is 13.1 Å². The Bertz CT molecular complexity index is 613. The van der Waals surface area contributed by atoms with Crippen molar-refractivity contribution in [1.29, 1.82) is 0 Å². The SMILES string of the molecule is O=C(NCc1ccccc1CN1CCC(O)CC1)N1CC2CCC1C2. The van der Waals surface area contributed by atoms with Crippen molar-refractivity contribution in [2.75, 3.05) is 19.6 Å². The second-order valence-corrected chi connectivity index (χ2v) is 7.92. The molecule has 2 atom stereocenters. The van der Waals surface area contributed by atoms with E-state index in [0.29, 0.717) is 12.6 Å². The molecule has 136 valence electrons. The molecule has 1 aromatic carbocycles. The summed E-state index contributed by atoms with van der Waals surface area (Å²) >= 11 is 0. The first-order chi connectivity index (χ1) is 12.2. The van der Waals surface area contributed by atoms with Crippen molar-refractivity contribution < 1.29 is 9.90 Å². The van der Waals surface area contributed by atoms with E-state index >= 15 is 0 Å². The Morgan fingerprint density at radius 2 is 1.88 bits per heavy atom. The molecule has 2 aliphatic heterocycles. The molecule has 0 radical (unpaired) electrons. The summed E-state index contributed by atoms with van der Waals surface area (Å²) in [6.07, 6.45) is 5.25. The first-order valence-electron chi connectivity index (χ1n) is 9.70. The number of amides is 2. The second kappa shape index (κ2) is 7.34. The summed E-state index contributed by atoms with van der Waals surface area (Å²) in [6, 6.07) is 8.96. The van der Waals surface area contributed by atoms with E-state index in [1.807, 2.05) is 11.0 Å². The van der Waals surface area contributed by atoms with Gasteiger partial charge >= 0.3 is 6.03 Å². The minimum absolute atomic E-state index is 0.100. The van der Waals surface area contributed by atoms with Gasteiger partial charge < -0.3 is 15.3 Å². The quantitative estimate of drug-likeness (QED) is 0.882. The van der Waals surface area contributed by atoms with Crippen LogP contribution >= 0.6 is 0 Å². The number of aliphatic hydroxyl groups excluding tert-OH is 1. The molecular formula is C20H29N3O2. The largest absolute Gasteiger partial charge is 0.393 e. The third-order valence-electron chi connectivity index (χ3n) is 6.17. The summed E-state index contributed by atoms with van der Waals surface area (Å²) in [5.41, 5.74) is 2.48. The van der Waals surface area contributed by atoms with Crippen molar-refractivity contribution in [3.05, 3.63) is 35.4 Å². The minimum atomic E-state index is -0.137. The van der Waals surface area contributed by atoms with Gasteiger partial charge in [-0.05, 0) is 49.1 Å². The third kappa shape index (κ3) is 3.82. The van der Waals surface area contributed by atoms with Gasteiger partial charge in [0.15, 0.2) is 0 Å². The number of hydrogen-bond acceptors (Lipinski definition) is 3. The Kier molecular flexibility index (Phi) is 4.95. The van der Waals surface area contributed by atoms with Gasteiger partial charge in [0.2, 0.25) is 0 Å². The van der Waals surface area contributed by atoms with Crippen LogP contribution in [0, 0.1) is 5.92 Å². The normalized spacial score (nSPS) is 27.0. The second-order valence-electron chi connectivity index (χ2n) is 7.92. The topological polar surface area (TPSA) is 55.8 Å². The van der Waals surface area contributed by atoms with Gasteiger partial charge in [-0.3, -0.25) is 4.90 Å². The monoisotopic (exact) mass is 343 g/mol. The molecule has 0 spiro atoms. The molecule has 1 saturated carbocycles. The first kappa shape index (κ1) is 16.9. The van der Waals surface area contributed by atoms with Crippen molar-refractivity contribution in [1.82, 2.24) is 15.1 Å². The molecule has 2 heterocycles. The number of urea groups is 1. The van der Waals surface area contributed by atoms with Crippen LogP contribution in [-0.4, -0.2) is 52.7 Å². The average Bonchev–Trinajstić information content (AvgIpc) is 3.26. The summed E-state index contributed by atoms with van der Waals surface area (Å²) in [4.78, 5) is 17.0. The summed E-state index contributed by atoms with van der Waals surface area (Å²) < 4.78 is 0. The molecule has 0 aromatic heterocycles. The van der Waals surface area contributed by atoms with Gasteiger partial charge in [-0.15, -0.1) is 0 Å². The van der Waals surface area contributed by atoms with Gasteiger partial charge in [-0.2, -0.15) is 0 Å². The summed E-state index contributed by atoms with van der Waals surface area (Å²) in [5.74, 6) is 0.734. The highest BCUT2D eigenvalue weighted by atomic mass is 16.3. The van der Waals surface area contributed by atoms with E-state index in [2.05, 4.69) is 28.4 Å². The van der Waals surface area contributed by atoms with E-state index in [1.165, 1.54) is 30.4 Å². The molecule has 2 bridgehead atoms. The summed E-state index contributed by atoms with van der Waals surface area (Å²) in [5, 5.41) is 12.8. The molecular weight excluding hydrogens is 314 g/mol. The standard InChI is InChI=1S/C20H29N3O2/c24-19-7-9-22(10-8-19)14-17-4-2-1-3-16(17)12-21-20(25)23-13-15-5-6-18(23)11-15/h1-4,15,18-19,24H,5-14H2,(H,21,25). The number of aliphatic hydroxyl groups is 1. The average molecular weight is 343 g/mol.